The molecule has 2 aliphatic rings. The Morgan fingerprint density at radius 3 is 2.50 bits per heavy atom. The van der Waals surface area contributed by atoms with E-state index in [-0.39, 0.29) is 17.8 Å². The van der Waals surface area contributed by atoms with Gasteiger partial charge in [0, 0.05) is 23.8 Å². The van der Waals surface area contributed by atoms with Crippen molar-refractivity contribution in [3.8, 4) is 11.5 Å². The van der Waals surface area contributed by atoms with Gasteiger partial charge in [0.1, 0.15) is 11.5 Å². The molecule has 0 N–H and O–H groups in total. The Morgan fingerprint density at radius 1 is 1.17 bits per heavy atom. The molecule has 132 valence electrons. The van der Waals surface area contributed by atoms with Gasteiger partial charge >= 0.3 is 12.7 Å². The van der Waals surface area contributed by atoms with E-state index >= 15 is 0 Å². The maximum absolute atomic E-state index is 12.3. The second-order valence-corrected chi connectivity index (χ2v) is 8.93. The van der Waals surface area contributed by atoms with Gasteiger partial charge in [-0.15, -0.1) is 0 Å². The number of hydrogen-bond acceptors (Lipinski definition) is 6. The second kappa shape index (κ2) is 7.52. The van der Waals surface area contributed by atoms with Gasteiger partial charge in [-0.2, -0.15) is 0 Å². The molecule has 0 radical (unpaired) electrons. The number of benzene rings is 1. The van der Waals surface area contributed by atoms with Crippen LogP contribution in [0.4, 0.5) is 0 Å². The third-order valence-corrected chi connectivity index (χ3v) is 6.89. The minimum atomic E-state index is -2.83. The van der Waals surface area contributed by atoms with Crippen molar-refractivity contribution in [3.05, 3.63) is 23.8 Å². The smallest absolute Gasteiger partial charge is 0.380 e. The number of esters is 1. The molecule has 1 fully saturated rings. The molecule has 7 heteroatoms. The quantitative estimate of drug-likeness (QED) is 0.416. The minimum absolute atomic E-state index is 0.00425. The van der Waals surface area contributed by atoms with Crippen molar-refractivity contribution in [2.75, 3.05) is 13.2 Å². The molecule has 0 bridgehead atoms. The molecule has 0 spiro atoms. The summed E-state index contributed by atoms with van der Waals surface area (Å²) >= 11 is 5.39. The lowest BCUT2D eigenvalue weighted by molar-refractivity contribution is -0.142. The van der Waals surface area contributed by atoms with Gasteiger partial charge in [0.25, 0.3) is 0 Å². The van der Waals surface area contributed by atoms with Crippen LogP contribution in [0.15, 0.2) is 18.2 Å². The van der Waals surface area contributed by atoms with E-state index in [1.54, 1.807) is 6.07 Å². The molecule has 0 saturated heterocycles. The van der Waals surface area contributed by atoms with Crippen molar-refractivity contribution >= 4 is 24.5 Å². The molecule has 2 unspecified atom stereocenters. The lowest BCUT2D eigenvalue weighted by Gasteiger charge is -2.35. The average molecular weight is 370 g/mol. The SMILES string of the molecule is CCOP(=S)(OCC)Oc1ccc2c(c1)OC(=O)C1CCCCC21. The van der Waals surface area contributed by atoms with Gasteiger partial charge in [-0.25, -0.2) is 0 Å². The van der Waals surface area contributed by atoms with Gasteiger partial charge in [-0.3, -0.25) is 13.8 Å². The monoisotopic (exact) mass is 370 g/mol. The van der Waals surface area contributed by atoms with E-state index in [0.29, 0.717) is 24.7 Å². The molecular formula is C17H23O5PS. The fraction of sp³-hybridized carbons (Fsp3) is 0.588. The number of ether oxygens (including phenoxy) is 1. The van der Waals surface area contributed by atoms with Crippen molar-refractivity contribution in [3.63, 3.8) is 0 Å². The van der Waals surface area contributed by atoms with Crippen LogP contribution in [0.3, 0.4) is 0 Å². The van der Waals surface area contributed by atoms with Gasteiger partial charge in [-0.05, 0) is 38.3 Å². The second-order valence-electron chi connectivity index (χ2n) is 5.99. The van der Waals surface area contributed by atoms with Gasteiger partial charge in [0.05, 0.1) is 19.1 Å². The largest absolute Gasteiger partial charge is 0.426 e. The topological polar surface area (TPSA) is 54.0 Å². The Morgan fingerprint density at radius 2 is 1.83 bits per heavy atom. The van der Waals surface area contributed by atoms with Crippen LogP contribution in [0.25, 0.3) is 0 Å². The van der Waals surface area contributed by atoms with E-state index in [1.807, 2.05) is 26.0 Å². The molecule has 5 nitrogen and oxygen atoms in total. The van der Waals surface area contributed by atoms with Crippen molar-refractivity contribution in [1.82, 2.24) is 0 Å². The molecule has 1 aliphatic carbocycles. The summed E-state index contributed by atoms with van der Waals surface area (Å²) in [6.45, 7) is 1.70. The van der Waals surface area contributed by atoms with Crippen LogP contribution in [0.1, 0.15) is 51.0 Å². The average Bonchev–Trinajstić information content (AvgIpc) is 2.55. The predicted molar refractivity (Wildman–Crippen MR) is 94.9 cm³/mol. The first kappa shape index (κ1) is 17.9. The zero-order valence-electron chi connectivity index (χ0n) is 14.0. The summed E-state index contributed by atoms with van der Waals surface area (Å²) in [5.74, 6) is 1.22. The first-order valence-electron chi connectivity index (χ1n) is 8.50. The molecule has 1 saturated carbocycles. The summed E-state index contributed by atoms with van der Waals surface area (Å²) in [6, 6.07) is 5.58. The highest BCUT2D eigenvalue weighted by molar-refractivity contribution is 8.07. The van der Waals surface area contributed by atoms with Crippen molar-refractivity contribution in [2.24, 2.45) is 5.92 Å². The van der Waals surface area contributed by atoms with E-state index in [4.69, 9.17) is 30.1 Å². The number of carbonyl (C=O) groups excluding carboxylic acids is 1. The van der Waals surface area contributed by atoms with Gasteiger partial charge in [-0.1, -0.05) is 18.9 Å². The Kier molecular flexibility index (Phi) is 5.60. The highest BCUT2D eigenvalue weighted by atomic mass is 32.5. The van der Waals surface area contributed by atoms with Crippen LogP contribution in [-0.2, 0) is 25.6 Å². The standard InChI is InChI=1S/C17H23O5PS/c1-3-19-23(24,20-4-2)22-12-9-10-14-13-7-5-6-8-15(13)17(18)21-16(14)11-12/h9-11,13,15H,3-8H2,1-2H3. The van der Waals surface area contributed by atoms with Gasteiger partial charge in [0.2, 0.25) is 0 Å². The fourth-order valence-electron chi connectivity index (χ4n) is 3.47. The van der Waals surface area contributed by atoms with Crippen LogP contribution >= 0.6 is 6.72 Å². The molecule has 3 rings (SSSR count). The minimum Gasteiger partial charge on any atom is -0.426 e. The molecule has 24 heavy (non-hydrogen) atoms. The molecule has 2 atom stereocenters. The highest BCUT2D eigenvalue weighted by Crippen LogP contribution is 2.52. The summed E-state index contributed by atoms with van der Waals surface area (Å²) in [5, 5.41) is 0. The Hall–Kier alpha value is -0.940. The van der Waals surface area contributed by atoms with Crippen LogP contribution < -0.4 is 9.26 Å². The molecule has 1 aromatic rings. The molecule has 1 aliphatic heterocycles. The van der Waals surface area contributed by atoms with E-state index < -0.39 is 6.72 Å². The Labute approximate surface area is 147 Å². The number of hydrogen-bond donors (Lipinski definition) is 0. The van der Waals surface area contributed by atoms with Crippen molar-refractivity contribution < 1.29 is 23.1 Å². The van der Waals surface area contributed by atoms with E-state index in [1.165, 1.54) is 0 Å². The van der Waals surface area contributed by atoms with Crippen molar-refractivity contribution in [2.45, 2.75) is 45.4 Å². The van der Waals surface area contributed by atoms with Gasteiger partial charge in [0.15, 0.2) is 0 Å². The summed E-state index contributed by atoms with van der Waals surface area (Å²) in [6.07, 6.45) is 4.19. The maximum Gasteiger partial charge on any atom is 0.380 e. The summed E-state index contributed by atoms with van der Waals surface area (Å²) in [7, 11) is 0. The van der Waals surface area contributed by atoms with Crippen LogP contribution in [-0.4, -0.2) is 19.2 Å². The van der Waals surface area contributed by atoms with Crippen molar-refractivity contribution in [1.29, 1.82) is 0 Å². The zero-order chi connectivity index (χ0) is 17.2. The molecule has 1 heterocycles. The predicted octanol–water partition coefficient (Wildman–Crippen LogP) is 4.56. The molecular weight excluding hydrogens is 347 g/mol. The normalized spacial score (nSPS) is 23.2. The molecule has 0 amide bonds. The first-order valence-corrected chi connectivity index (χ1v) is 11.1. The summed E-state index contributed by atoms with van der Waals surface area (Å²) in [4.78, 5) is 12.3. The summed E-state index contributed by atoms with van der Waals surface area (Å²) in [5.41, 5.74) is 1.09. The summed E-state index contributed by atoms with van der Waals surface area (Å²) < 4.78 is 22.4. The highest BCUT2D eigenvalue weighted by Gasteiger charge is 2.39. The number of carbonyl (C=O) groups is 1. The number of fused-ring (bicyclic) bond motifs is 3. The van der Waals surface area contributed by atoms with E-state index in [9.17, 15) is 4.79 Å². The van der Waals surface area contributed by atoms with E-state index in [0.717, 1.165) is 31.2 Å². The van der Waals surface area contributed by atoms with Crippen LogP contribution in [0, 0.1) is 5.92 Å². The zero-order valence-corrected chi connectivity index (χ0v) is 15.7. The first-order chi connectivity index (χ1) is 11.6. The van der Waals surface area contributed by atoms with Crippen LogP contribution in [0.2, 0.25) is 0 Å². The van der Waals surface area contributed by atoms with Gasteiger partial charge < -0.3 is 9.26 Å². The molecule has 1 aromatic carbocycles. The maximum atomic E-state index is 12.3. The van der Waals surface area contributed by atoms with E-state index in [2.05, 4.69) is 0 Å². The third-order valence-electron chi connectivity index (χ3n) is 4.46. The Bertz CT molecular complexity index is 652. The lowest BCUT2D eigenvalue weighted by atomic mass is 9.74. The van der Waals surface area contributed by atoms with Crippen LogP contribution in [0.5, 0.6) is 11.5 Å². The molecule has 0 aromatic heterocycles. The fourth-order valence-corrected chi connectivity index (χ4v) is 5.55. The Balaban J connectivity index is 1.85. The lowest BCUT2D eigenvalue weighted by Crippen LogP contribution is -2.33. The third kappa shape index (κ3) is 3.67. The number of rotatable bonds is 6.